The minimum Gasteiger partial charge on any atom is -0.351 e. The zero-order valence-electron chi connectivity index (χ0n) is 14.3. The summed E-state index contributed by atoms with van der Waals surface area (Å²) in [6.45, 7) is 0.419. The second-order valence-corrected chi connectivity index (χ2v) is 7.99. The summed E-state index contributed by atoms with van der Waals surface area (Å²) in [5, 5.41) is 8.55. The lowest BCUT2D eigenvalue weighted by atomic mass is 10.1. The molecule has 0 unspecified atom stereocenters. The van der Waals surface area contributed by atoms with Crippen molar-refractivity contribution < 1.29 is 13.2 Å². The highest BCUT2D eigenvalue weighted by Crippen LogP contribution is 2.20. The number of carbonyl (C=O) groups is 1. The predicted octanol–water partition coefficient (Wildman–Crippen LogP) is 2.96. The van der Waals surface area contributed by atoms with Crippen molar-refractivity contribution in [2.75, 3.05) is 6.54 Å². The largest absolute Gasteiger partial charge is 0.351 e. The maximum absolute atomic E-state index is 12.3. The van der Waals surface area contributed by atoms with Crippen LogP contribution in [-0.2, 0) is 16.4 Å². The molecule has 0 bridgehead atoms. The van der Waals surface area contributed by atoms with Gasteiger partial charge in [-0.2, -0.15) is 0 Å². The van der Waals surface area contributed by atoms with Crippen LogP contribution in [0.2, 0.25) is 5.02 Å². The molecule has 0 saturated heterocycles. The normalized spacial score (nSPS) is 11.3. The van der Waals surface area contributed by atoms with Crippen LogP contribution < -0.4 is 10.5 Å². The molecule has 0 radical (unpaired) electrons. The molecule has 4 N–H and O–H groups in total. The van der Waals surface area contributed by atoms with E-state index in [1.54, 1.807) is 30.3 Å². The molecule has 6 nitrogen and oxygen atoms in total. The number of sulfonamides is 1. The molecule has 1 amide bonds. The number of benzene rings is 2. The number of amides is 1. The van der Waals surface area contributed by atoms with Crippen LogP contribution in [0.4, 0.5) is 0 Å². The number of aromatic amines is 1. The fraction of sp³-hybridized carbons (Fsp3) is 0.105. The van der Waals surface area contributed by atoms with Crippen molar-refractivity contribution >= 4 is 27.5 Å². The molecule has 0 atom stereocenters. The quantitative estimate of drug-likeness (QED) is 0.589. The van der Waals surface area contributed by atoms with Crippen LogP contribution >= 0.6 is 11.6 Å². The van der Waals surface area contributed by atoms with Crippen molar-refractivity contribution in [2.24, 2.45) is 5.14 Å². The third kappa shape index (κ3) is 4.97. The first kappa shape index (κ1) is 19.2. The summed E-state index contributed by atoms with van der Waals surface area (Å²) in [5.41, 5.74) is 3.13. The maximum Gasteiger partial charge on any atom is 0.267 e. The van der Waals surface area contributed by atoms with Gasteiger partial charge in [0.2, 0.25) is 10.0 Å². The lowest BCUT2D eigenvalue weighted by Crippen LogP contribution is -2.26. The zero-order chi connectivity index (χ0) is 19.4. The Hall–Kier alpha value is -2.61. The summed E-state index contributed by atoms with van der Waals surface area (Å²) in [5.74, 6) is -0.212. The van der Waals surface area contributed by atoms with E-state index < -0.39 is 10.0 Å². The summed E-state index contributed by atoms with van der Waals surface area (Å²) < 4.78 is 22.5. The first-order chi connectivity index (χ1) is 12.8. The van der Waals surface area contributed by atoms with Gasteiger partial charge in [-0.1, -0.05) is 35.9 Å². The van der Waals surface area contributed by atoms with Gasteiger partial charge in [0.05, 0.1) is 4.90 Å². The minimum absolute atomic E-state index is 0.0661. The number of nitrogens with one attached hydrogen (secondary N) is 2. The molecule has 0 fully saturated rings. The van der Waals surface area contributed by atoms with Gasteiger partial charge in [-0.25, -0.2) is 13.6 Å². The third-order valence-corrected chi connectivity index (χ3v) is 5.22. The van der Waals surface area contributed by atoms with Crippen molar-refractivity contribution in [3.63, 3.8) is 0 Å². The van der Waals surface area contributed by atoms with E-state index in [0.717, 1.165) is 16.8 Å². The van der Waals surface area contributed by atoms with Gasteiger partial charge in [0.15, 0.2) is 0 Å². The molecular formula is C19H18ClN3O3S. The summed E-state index contributed by atoms with van der Waals surface area (Å²) in [4.78, 5) is 15.4. The van der Waals surface area contributed by atoms with Gasteiger partial charge in [-0.05, 0) is 53.9 Å². The molecule has 0 aliphatic heterocycles. The van der Waals surface area contributed by atoms with Gasteiger partial charge in [-0.3, -0.25) is 4.79 Å². The van der Waals surface area contributed by atoms with Crippen molar-refractivity contribution in [3.8, 4) is 11.3 Å². The number of nitrogens with two attached hydrogens (primary N) is 1. The summed E-state index contributed by atoms with van der Waals surface area (Å²) in [6, 6.07) is 17.2. The molecule has 3 rings (SSSR count). The van der Waals surface area contributed by atoms with Gasteiger partial charge in [-0.15, -0.1) is 0 Å². The molecular weight excluding hydrogens is 386 g/mol. The highest BCUT2D eigenvalue weighted by atomic mass is 35.5. The minimum atomic E-state index is -3.69. The fourth-order valence-electron chi connectivity index (χ4n) is 2.59. The van der Waals surface area contributed by atoms with Crippen LogP contribution in [0.15, 0.2) is 65.6 Å². The van der Waals surface area contributed by atoms with E-state index in [2.05, 4.69) is 10.3 Å². The van der Waals surface area contributed by atoms with Crippen molar-refractivity contribution in [3.05, 3.63) is 76.9 Å². The Balaban J connectivity index is 1.56. The highest BCUT2D eigenvalue weighted by Gasteiger charge is 2.10. The Morgan fingerprint density at radius 2 is 1.67 bits per heavy atom. The Kier molecular flexibility index (Phi) is 5.65. The molecule has 0 spiro atoms. The zero-order valence-corrected chi connectivity index (χ0v) is 15.8. The van der Waals surface area contributed by atoms with E-state index >= 15 is 0 Å². The fourth-order valence-corrected chi connectivity index (χ4v) is 3.23. The second kappa shape index (κ2) is 7.96. The molecule has 140 valence electrons. The number of rotatable bonds is 6. The number of halogens is 1. The summed E-state index contributed by atoms with van der Waals surface area (Å²) >= 11 is 5.88. The van der Waals surface area contributed by atoms with E-state index in [9.17, 15) is 13.2 Å². The van der Waals surface area contributed by atoms with Crippen LogP contribution in [0.3, 0.4) is 0 Å². The Bertz CT molecular complexity index is 1040. The Morgan fingerprint density at radius 3 is 2.30 bits per heavy atom. The van der Waals surface area contributed by atoms with Gasteiger partial charge >= 0.3 is 0 Å². The standard InChI is InChI=1S/C19H18ClN3O3S/c20-15-5-3-14(4-6-15)17-9-10-18(23-17)19(24)22-12-11-13-1-7-16(8-2-13)27(21,25)26/h1-10,23H,11-12H2,(H,22,24)(H2,21,25,26). The van der Waals surface area contributed by atoms with E-state index in [1.807, 2.05) is 18.2 Å². The van der Waals surface area contributed by atoms with Gasteiger partial charge in [0.1, 0.15) is 5.69 Å². The van der Waals surface area contributed by atoms with Crippen molar-refractivity contribution in [1.82, 2.24) is 10.3 Å². The molecule has 27 heavy (non-hydrogen) atoms. The van der Waals surface area contributed by atoms with E-state index in [0.29, 0.717) is 23.7 Å². The Labute approximate surface area is 162 Å². The monoisotopic (exact) mass is 403 g/mol. The van der Waals surface area contributed by atoms with Crippen molar-refractivity contribution in [1.29, 1.82) is 0 Å². The van der Waals surface area contributed by atoms with Crippen molar-refractivity contribution in [2.45, 2.75) is 11.3 Å². The maximum atomic E-state index is 12.3. The number of hydrogen-bond acceptors (Lipinski definition) is 3. The third-order valence-electron chi connectivity index (χ3n) is 4.04. The first-order valence-electron chi connectivity index (χ1n) is 8.18. The number of H-pyrrole nitrogens is 1. The summed E-state index contributed by atoms with van der Waals surface area (Å²) in [7, 11) is -3.69. The average Bonchev–Trinajstić information content (AvgIpc) is 3.12. The second-order valence-electron chi connectivity index (χ2n) is 5.99. The van der Waals surface area contributed by atoms with E-state index in [1.165, 1.54) is 12.1 Å². The predicted molar refractivity (Wildman–Crippen MR) is 105 cm³/mol. The van der Waals surface area contributed by atoms with Crippen LogP contribution in [0.1, 0.15) is 16.1 Å². The molecule has 2 aromatic carbocycles. The highest BCUT2D eigenvalue weighted by molar-refractivity contribution is 7.89. The molecule has 0 aliphatic rings. The SMILES string of the molecule is NS(=O)(=O)c1ccc(CCNC(=O)c2ccc(-c3ccc(Cl)cc3)[nH]2)cc1. The average molecular weight is 404 g/mol. The number of primary sulfonamides is 1. The first-order valence-corrected chi connectivity index (χ1v) is 10.1. The van der Waals surface area contributed by atoms with E-state index in [4.69, 9.17) is 16.7 Å². The molecule has 1 aromatic heterocycles. The van der Waals surface area contributed by atoms with E-state index in [-0.39, 0.29) is 10.8 Å². The van der Waals surface area contributed by atoms with Crippen LogP contribution in [0.25, 0.3) is 11.3 Å². The smallest absolute Gasteiger partial charge is 0.267 e. The summed E-state index contributed by atoms with van der Waals surface area (Å²) in [6.07, 6.45) is 0.571. The van der Waals surface area contributed by atoms with Gasteiger partial charge < -0.3 is 10.3 Å². The number of carbonyl (C=O) groups excluding carboxylic acids is 1. The van der Waals surface area contributed by atoms with Gasteiger partial charge in [0.25, 0.3) is 5.91 Å². The lowest BCUT2D eigenvalue weighted by molar-refractivity contribution is 0.0950. The number of aromatic nitrogens is 1. The molecule has 0 aliphatic carbocycles. The molecule has 1 heterocycles. The molecule has 8 heteroatoms. The van der Waals surface area contributed by atoms with Crippen LogP contribution in [0.5, 0.6) is 0 Å². The Morgan fingerprint density at radius 1 is 1.00 bits per heavy atom. The lowest BCUT2D eigenvalue weighted by Gasteiger charge is -2.05. The topological polar surface area (TPSA) is 105 Å². The van der Waals surface area contributed by atoms with Crippen LogP contribution in [0, 0.1) is 0 Å². The molecule has 3 aromatic rings. The number of hydrogen-bond donors (Lipinski definition) is 3. The molecule has 0 saturated carbocycles. The van der Waals surface area contributed by atoms with Gasteiger partial charge in [0, 0.05) is 17.3 Å². The van der Waals surface area contributed by atoms with Crippen LogP contribution in [-0.4, -0.2) is 25.9 Å².